The van der Waals surface area contributed by atoms with Crippen molar-refractivity contribution in [1.82, 2.24) is 20.1 Å². The summed E-state index contributed by atoms with van der Waals surface area (Å²) in [7, 11) is 3.89. The Morgan fingerprint density at radius 2 is 1.89 bits per heavy atom. The first-order valence-electron chi connectivity index (χ1n) is 8.74. The Hall–Kier alpha value is -3.46. The molecule has 28 heavy (non-hydrogen) atoms. The second kappa shape index (κ2) is 7.65. The fourth-order valence-corrected chi connectivity index (χ4v) is 3.08. The molecule has 0 spiro atoms. The van der Waals surface area contributed by atoms with Crippen LogP contribution in [0.15, 0.2) is 35.1 Å². The normalized spacial score (nSPS) is 12.8. The average molecular weight is 383 g/mol. The van der Waals surface area contributed by atoms with Crippen molar-refractivity contribution in [1.29, 1.82) is 0 Å². The summed E-state index contributed by atoms with van der Waals surface area (Å²) in [5.74, 6) is -1.87. The molecule has 9 heteroatoms. The molecule has 1 aromatic heterocycles. The number of imide groups is 1. The van der Waals surface area contributed by atoms with Gasteiger partial charge in [-0.3, -0.25) is 29.1 Å². The number of nitrogens with two attached hydrogens (primary N) is 1. The number of benzene rings is 1. The molecule has 1 aliphatic rings. The van der Waals surface area contributed by atoms with Gasteiger partial charge in [-0.05, 0) is 39.2 Å². The lowest BCUT2D eigenvalue weighted by molar-refractivity contribution is 0.0878. The summed E-state index contributed by atoms with van der Waals surface area (Å²) >= 11 is 0. The average Bonchev–Trinajstić information content (AvgIpc) is 2.92. The Kier molecular flexibility index (Phi) is 5.27. The van der Waals surface area contributed by atoms with E-state index in [2.05, 4.69) is 10.6 Å². The molecule has 0 saturated heterocycles. The molecule has 146 valence electrons. The molecule has 0 fully saturated rings. The fraction of sp³-hybridized carbons (Fsp3) is 0.263. The maximum absolute atomic E-state index is 12.6. The van der Waals surface area contributed by atoms with Gasteiger partial charge in [-0.2, -0.15) is 0 Å². The van der Waals surface area contributed by atoms with Crippen molar-refractivity contribution in [2.75, 3.05) is 32.9 Å². The van der Waals surface area contributed by atoms with Crippen LogP contribution in [-0.4, -0.2) is 54.4 Å². The van der Waals surface area contributed by atoms with Gasteiger partial charge in [0, 0.05) is 12.6 Å². The lowest BCUT2D eigenvalue weighted by Gasteiger charge is -2.16. The predicted molar refractivity (Wildman–Crippen MR) is 104 cm³/mol. The fourth-order valence-electron chi connectivity index (χ4n) is 3.08. The summed E-state index contributed by atoms with van der Waals surface area (Å²) in [6.45, 7) is 1.29. The first-order chi connectivity index (χ1) is 13.3. The largest absolute Gasteiger partial charge is 0.384 e. The van der Waals surface area contributed by atoms with Crippen LogP contribution in [0.2, 0.25) is 0 Å². The molecular formula is C19H21N5O4. The predicted octanol–water partition coefficient (Wildman–Crippen LogP) is -0.0152. The van der Waals surface area contributed by atoms with Gasteiger partial charge < -0.3 is 16.0 Å². The minimum absolute atomic E-state index is 0.0608. The van der Waals surface area contributed by atoms with Gasteiger partial charge in [0.15, 0.2) is 0 Å². The highest BCUT2D eigenvalue weighted by atomic mass is 16.2. The SMILES string of the molecule is CN(C)CCCNC(=O)c1ccccc1-n1c(N)c2c(cc1=O)C(=O)NC2=O. The molecule has 0 saturated carbocycles. The molecule has 0 bridgehead atoms. The summed E-state index contributed by atoms with van der Waals surface area (Å²) in [5, 5.41) is 4.93. The molecule has 3 rings (SSSR count). The number of carbonyl (C=O) groups is 3. The third kappa shape index (κ3) is 3.52. The molecule has 4 N–H and O–H groups in total. The summed E-state index contributed by atoms with van der Waals surface area (Å²) < 4.78 is 1.08. The quantitative estimate of drug-likeness (QED) is 0.476. The molecule has 0 atom stereocenters. The number of rotatable bonds is 6. The molecule has 0 unspecified atom stereocenters. The van der Waals surface area contributed by atoms with Gasteiger partial charge in [0.25, 0.3) is 23.3 Å². The maximum atomic E-state index is 12.6. The van der Waals surface area contributed by atoms with Crippen molar-refractivity contribution in [3.8, 4) is 5.69 Å². The molecule has 2 heterocycles. The Bertz CT molecular complexity index is 1030. The molecule has 3 amide bonds. The second-order valence-corrected chi connectivity index (χ2v) is 6.71. The number of carbonyl (C=O) groups excluding carboxylic acids is 3. The third-order valence-corrected chi connectivity index (χ3v) is 4.41. The molecule has 0 radical (unpaired) electrons. The highest BCUT2D eigenvalue weighted by Crippen LogP contribution is 2.24. The Labute approximate surface area is 161 Å². The van der Waals surface area contributed by atoms with Crippen LogP contribution in [0, 0.1) is 0 Å². The minimum Gasteiger partial charge on any atom is -0.384 e. The Balaban J connectivity index is 1.99. The van der Waals surface area contributed by atoms with Crippen LogP contribution in [0.4, 0.5) is 5.82 Å². The number of nitrogens with zero attached hydrogens (tertiary/aromatic N) is 2. The number of hydrogen-bond acceptors (Lipinski definition) is 6. The van der Waals surface area contributed by atoms with Gasteiger partial charge >= 0.3 is 0 Å². The van der Waals surface area contributed by atoms with E-state index in [0.717, 1.165) is 23.6 Å². The standard InChI is InChI=1S/C19H21N5O4/c1-23(2)9-5-8-21-17(26)11-6-3-4-7-13(11)24-14(25)10-12-15(16(24)20)19(28)22-18(12)27/h3-4,6-7,10H,5,8-9,20H2,1-2H3,(H,21,26)(H,22,27,28). The van der Waals surface area contributed by atoms with Crippen molar-refractivity contribution in [2.24, 2.45) is 0 Å². The zero-order valence-electron chi connectivity index (χ0n) is 15.6. The lowest BCUT2D eigenvalue weighted by atomic mass is 10.1. The number of nitrogens with one attached hydrogen (secondary N) is 2. The van der Waals surface area contributed by atoms with Gasteiger partial charge in [0.05, 0.1) is 22.4 Å². The number of para-hydroxylation sites is 1. The monoisotopic (exact) mass is 383 g/mol. The summed E-state index contributed by atoms with van der Waals surface area (Å²) in [5.41, 5.74) is 5.81. The van der Waals surface area contributed by atoms with Crippen molar-refractivity contribution < 1.29 is 14.4 Å². The molecule has 2 aromatic rings. The van der Waals surface area contributed by atoms with Crippen molar-refractivity contribution in [3.63, 3.8) is 0 Å². The van der Waals surface area contributed by atoms with Gasteiger partial charge in [-0.1, -0.05) is 12.1 Å². The molecule has 0 aliphatic carbocycles. The molecule has 1 aliphatic heterocycles. The summed E-state index contributed by atoms with van der Waals surface area (Å²) in [4.78, 5) is 51.1. The van der Waals surface area contributed by atoms with Crippen LogP contribution >= 0.6 is 0 Å². The third-order valence-electron chi connectivity index (χ3n) is 4.41. The van der Waals surface area contributed by atoms with Gasteiger partial charge in [-0.25, -0.2) is 0 Å². The zero-order chi connectivity index (χ0) is 20.4. The van der Waals surface area contributed by atoms with Crippen molar-refractivity contribution in [2.45, 2.75) is 6.42 Å². The first-order valence-corrected chi connectivity index (χ1v) is 8.74. The number of anilines is 1. The van der Waals surface area contributed by atoms with Crippen LogP contribution in [0.3, 0.4) is 0 Å². The lowest BCUT2D eigenvalue weighted by Crippen LogP contribution is -2.30. The van der Waals surface area contributed by atoms with E-state index in [4.69, 9.17) is 5.73 Å². The number of nitrogen functional groups attached to an aromatic ring is 1. The van der Waals surface area contributed by atoms with E-state index in [1.807, 2.05) is 19.0 Å². The zero-order valence-corrected chi connectivity index (χ0v) is 15.6. The number of amides is 3. The Morgan fingerprint density at radius 1 is 1.18 bits per heavy atom. The topological polar surface area (TPSA) is 127 Å². The molecule has 9 nitrogen and oxygen atoms in total. The van der Waals surface area contributed by atoms with Crippen LogP contribution < -0.4 is 21.9 Å². The van der Waals surface area contributed by atoms with E-state index in [0.29, 0.717) is 6.54 Å². The number of fused-ring (bicyclic) bond motifs is 1. The second-order valence-electron chi connectivity index (χ2n) is 6.71. The van der Waals surface area contributed by atoms with E-state index < -0.39 is 17.4 Å². The highest BCUT2D eigenvalue weighted by Gasteiger charge is 2.32. The van der Waals surface area contributed by atoms with E-state index in [1.165, 1.54) is 0 Å². The molecule has 1 aromatic carbocycles. The van der Waals surface area contributed by atoms with Gasteiger partial charge in [0.1, 0.15) is 5.82 Å². The molecular weight excluding hydrogens is 362 g/mol. The van der Waals surface area contributed by atoms with Gasteiger partial charge in [-0.15, -0.1) is 0 Å². The maximum Gasteiger partial charge on any atom is 0.262 e. The van der Waals surface area contributed by atoms with Crippen molar-refractivity contribution in [3.05, 3.63) is 57.4 Å². The number of aromatic nitrogens is 1. The van der Waals surface area contributed by atoms with E-state index >= 15 is 0 Å². The van der Waals surface area contributed by atoms with E-state index in [1.54, 1.807) is 24.3 Å². The van der Waals surface area contributed by atoms with E-state index in [9.17, 15) is 19.2 Å². The van der Waals surface area contributed by atoms with E-state index in [-0.39, 0.29) is 34.1 Å². The highest BCUT2D eigenvalue weighted by molar-refractivity contribution is 6.23. The Morgan fingerprint density at radius 3 is 2.61 bits per heavy atom. The summed E-state index contributed by atoms with van der Waals surface area (Å²) in [6.07, 6.45) is 0.768. The van der Waals surface area contributed by atoms with Gasteiger partial charge in [0.2, 0.25) is 0 Å². The van der Waals surface area contributed by atoms with Crippen molar-refractivity contribution >= 4 is 23.5 Å². The summed E-state index contributed by atoms with van der Waals surface area (Å²) in [6, 6.07) is 7.51. The number of pyridine rings is 1. The van der Waals surface area contributed by atoms with Crippen LogP contribution in [0.1, 0.15) is 37.5 Å². The number of hydrogen-bond donors (Lipinski definition) is 3. The van der Waals surface area contributed by atoms with Crippen LogP contribution in [0.5, 0.6) is 0 Å². The first kappa shape index (κ1) is 19.3. The van der Waals surface area contributed by atoms with Crippen LogP contribution in [0.25, 0.3) is 5.69 Å². The smallest absolute Gasteiger partial charge is 0.262 e. The minimum atomic E-state index is -0.670. The van der Waals surface area contributed by atoms with Crippen LogP contribution in [-0.2, 0) is 0 Å².